The van der Waals surface area contributed by atoms with Gasteiger partial charge in [-0.05, 0) is 65.4 Å². The van der Waals surface area contributed by atoms with E-state index < -0.39 is 5.91 Å². The quantitative estimate of drug-likeness (QED) is 0.395. The van der Waals surface area contributed by atoms with Crippen LogP contribution in [0.3, 0.4) is 0 Å². The second kappa shape index (κ2) is 9.13. The molecule has 2 aromatic rings. The molecule has 6 nitrogen and oxygen atoms in total. The van der Waals surface area contributed by atoms with E-state index >= 15 is 0 Å². The second-order valence-corrected chi connectivity index (χ2v) is 6.06. The highest BCUT2D eigenvalue weighted by atomic mass is 127. The number of nitriles is 1. The fourth-order valence-corrected chi connectivity index (χ4v) is 2.88. The van der Waals surface area contributed by atoms with Crippen LogP contribution in [0.5, 0.6) is 11.5 Å². The number of carbonyl (C=O) groups is 1. The highest BCUT2D eigenvalue weighted by Gasteiger charge is 2.13. The minimum atomic E-state index is -0.471. The maximum Gasteiger partial charge on any atom is 0.262 e. The highest BCUT2D eigenvalue weighted by molar-refractivity contribution is 14.1. The summed E-state index contributed by atoms with van der Waals surface area (Å²) in [5.41, 5.74) is 0.669. The third-order valence-corrected chi connectivity index (χ3v) is 4.02. The first-order valence-corrected chi connectivity index (χ1v) is 8.59. The molecule has 1 heterocycles. The fourth-order valence-electron chi connectivity index (χ4n) is 2.10. The molecule has 0 saturated heterocycles. The van der Waals surface area contributed by atoms with Gasteiger partial charge in [-0.3, -0.25) is 4.79 Å². The Morgan fingerprint density at radius 2 is 2.28 bits per heavy atom. The van der Waals surface area contributed by atoms with Crippen LogP contribution in [0.4, 0.5) is 0 Å². The first kappa shape index (κ1) is 18.9. The smallest absolute Gasteiger partial charge is 0.262 e. The number of methoxy groups -OCH3 is 1. The third-order valence-electron chi connectivity index (χ3n) is 3.22. The van der Waals surface area contributed by atoms with Crippen molar-refractivity contribution in [2.45, 2.75) is 13.5 Å². The lowest BCUT2D eigenvalue weighted by Gasteiger charge is -2.12. The summed E-state index contributed by atoms with van der Waals surface area (Å²) in [7, 11) is 1.54. The molecular weight excluding hydrogens is 435 g/mol. The number of furan rings is 1. The van der Waals surface area contributed by atoms with Crippen molar-refractivity contribution in [2.24, 2.45) is 0 Å². The summed E-state index contributed by atoms with van der Waals surface area (Å²) < 4.78 is 16.9. The second-order valence-electron chi connectivity index (χ2n) is 4.90. The molecule has 1 amide bonds. The number of halogens is 1. The van der Waals surface area contributed by atoms with Crippen molar-refractivity contribution in [1.29, 1.82) is 5.26 Å². The Morgan fingerprint density at radius 1 is 1.48 bits per heavy atom. The summed E-state index contributed by atoms with van der Waals surface area (Å²) in [5, 5.41) is 11.9. The maximum absolute atomic E-state index is 12.2. The Kier molecular flexibility index (Phi) is 6.89. The average molecular weight is 452 g/mol. The molecule has 7 heteroatoms. The first-order chi connectivity index (χ1) is 12.1. The molecular formula is C18H17IN2O4. The van der Waals surface area contributed by atoms with Crippen molar-refractivity contribution >= 4 is 34.6 Å². The van der Waals surface area contributed by atoms with Gasteiger partial charge in [-0.25, -0.2) is 0 Å². The minimum absolute atomic E-state index is 0.00595. The van der Waals surface area contributed by atoms with E-state index in [0.29, 0.717) is 29.4 Å². The van der Waals surface area contributed by atoms with Crippen molar-refractivity contribution in [1.82, 2.24) is 5.32 Å². The number of amides is 1. The van der Waals surface area contributed by atoms with E-state index in [1.54, 1.807) is 25.3 Å². The number of hydrogen-bond donors (Lipinski definition) is 1. The molecule has 0 unspecified atom stereocenters. The summed E-state index contributed by atoms with van der Waals surface area (Å²) in [4.78, 5) is 12.2. The molecule has 2 rings (SSSR count). The summed E-state index contributed by atoms with van der Waals surface area (Å²) in [6.45, 7) is 2.62. The van der Waals surface area contributed by atoms with Crippen LogP contribution in [-0.2, 0) is 11.3 Å². The van der Waals surface area contributed by atoms with E-state index in [1.807, 2.05) is 19.1 Å². The Balaban J connectivity index is 2.22. The molecule has 0 fully saturated rings. The van der Waals surface area contributed by atoms with Gasteiger partial charge in [0.1, 0.15) is 17.4 Å². The zero-order valence-electron chi connectivity index (χ0n) is 13.8. The van der Waals surface area contributed by atoms with Crippen molar-refractivity contribution in [2.75, 3.05) is 13.7 Å². The lowest BCUT2D eigenvalue weighted by atomic mass is 10.1. The summed E-state index contributed by atoms with van der Waals surface area (Å²) in [6, 6.07) is 8.95. The van der Waals surface area contributed by atoms with Gasteiger partial charge < -0.3 is 19.2 Å². The molecule has 0 bridgehead atoms. The van der Waals surface area contributed by atoms with Gasteiger partial charge in [0.25, 0.3) is 5.91 Å². The first-order valence-electron chi connectivity index (χ1n) is 7.51. The van der Waals surface area contributed by atoms with Crippen molar-refractivity contribution < 1.29 is 18.7 Å². The predicted molar refractivity (Wildman–Crippen MR) is 101 cm³/mol. The van der Waals surface area contributed by atoms with Crippen LogP contribution in [0.15, 0.2) is 40.5 Å². The van der Waals surface area contributed by atoms with Gasteiger partial charge >= 0.3 is 0 Å². The molecule has 25 heavy (non-hydrogen) atoms. The van der Waals surface area contributed by atoms with Gasteiger partial charge in [-0.15, -0.1) is 0 Å². The number of hydrogen-bond acceptors (Lipinski definition) is 5. The van der Waals surface area contributed by atoms with Crippen LogP contribution in [0.25, 0.3) is 6.08 Å². The Labute approximate surface area is 159 Å². The zero-order chi connectivity index (χ0) is 18.2. The van der Waals surface area contributed by atoms with Gasteiger partial charge in [-0.2, -0.15) is 5.26 Å². The van der Waals surface area contributed by atoms with Crippen LogP contribution in [-0.4, -0.2) is 19.6 Å². The largest absolute Gasteiger partial charge is 0.493 e. The van der Waals surface area contributed by atoms with Crippen LogP contribution < -0.4 is 14.8 Å². The molecule has 130 valence electrons. The molecule has 0 aliphatic heterocycles. The lowest BCUT2D eigenvalue weighted by Crippen LogP contribution is -2.23. The highest BCUT2D eigenvalue weighted by Crippen LogP contribution is 2.34. The van der Waals surface area contributed by atoms with E-state index in [2.05, 4.69) is 27.9 Å². The Hall–Kier alpha value is -2.47. The lowest BCUT2D eigenvalue weighted by molar-refractivity contribution is -0.117. The Bertz CT molecular complexity index is 807. The topological polar surface area (TPSA) is 84.5 Å². The van der Waals surface area contributed by atoms with Crippen molar-refractivity contribution in [3.63, 3.8) is 0 Å². The summed E-state index contributed by atoms with van der Waals surface area (Å²) in [5.74, 6) is 1.33. The van der Waals surface area contributed by atoms with Crippen LogP contribution >= 0.6 is 22.6 Å². The number of benzene rings is 1. The molecule has 1 N–H and O–H groups in total. The van der Waals surface area contributed by atoms with Crippen LogP contribution in [0.1, 0.15) is 18.2 Å². The predicted octanol–water partition coefficient (Wildman–Crippen LogP) is 3.51. The molecule has 0 saturated carbocycles. The maximum atomic E-state index is 12.2. The van der Waals surface area contributed by atoms with E-state index in [-0.39, 0.29) is 12.1 Å². The normalized spacial score (nSPS) is 10.9. The number of nitrogens with one attached hydrogen (secondary N) is 1. The van der Waals surface area contributed by atoms with Gasteiger partial charge in [0, 0.05) is 0 Å². The summed E-state index contributed by atoms with van der Waals surface area (Å²) >= 11 is 2.13. The number of rotatable bonds is 7. The van der Waals surface area contributed by atoms with Crippen molar-refractivity contribution in [3.8, 4) is 17.6 Å². The standard InChI is InChI=1S/C18H17IN2O4/c1-3-24-17-15(19)8-12(9-16(17)23-2)7-13(10-20)18(22)21-11-14-5-4-6-25-14/h4-9H,3,11H2,1-2H3,(H,21,22). The summed E-state index contributed by atoms with van der Waals surface area (Å²) in [6.07, 6.45) is 3.04. The molecule has 1 aromatic carbocycles. The average Bonchev–Trinajstić information content (AvgIpc) is 3.13. The minimum Gasteiger partial charge on any atom is -0.493 e. The fraction of sp³-hybridized carbons (Fsp3) is 0.222. The van der Waals surface area contributed by atoms with E-state index in [9.17, 15) is 10.1 Å². The van der Waals surface area contributed by atoms with Gasteiger partial charge in [-0.1, -0.05) is 0 Å². The van der Waals surface area contributed by atoms with Crippen LogP contribution in [0, 0.1) is 14.9 Å². The number of ether oxygens (including phenoxy) is 2. The molecule has 0 atom stereocenters. The molecule has 0 radical (unpaired) electrons. The monoisotopic (exact) mass is 452 g/mol. The molecule has 0 aliphatic carbocycles. The third kappa shape index (κ3) is 5.00. The van der Waals surface area contributed by atoms with Crippen molar-refractivity contribution in [3.05, 3.63) is 51.0 Å². The molecule has 0 aliphatic rings. The van der Waals surface area contributed by atoms with Gasteiger partial charge in [0.15, 0.2) is 11.5 Å². The number of carbonyl (C=O) groups excluding carboxylic acids is 1. The van der Waals surface area contributed by atoms with E-state index in [0.717, 1.165) is 3.57 Å². The van der Waals surface area contributed by atoms with Gasteiger partial charge in [0.2, 0.25) is 0 Å². The molecule has 0 spiro atoms. The number of nitrogens with zero attached hydrogens (tertiary/aromatic N) is 1. The van der Waals surface area contributed by atoms with E-state index in [4.69, 9.17) is 13.9 Å². The van der Waals surface area contributed by atoms with E-state index in [1.165, 1.54) is 12.3 Å². The van der Waals surface area contributed by atoms with Crippen LogP contribution in [0.2, 0.25) is 0 Å². The SMILES string of the molecule is CCOc1c(I)cc(C=C(C#N)C(=O)NCc2ccco2)cc1OC. The molecule has 1 aromatic heterocycles. The Morgan fingerprint density at radius 3 is 2.88 bits per heavy atom. The zero-order valence-corrected chi connectivity index (χ0v) is 16.0. The van der Waals surface area contributed by atoms with Gasteiger partial charge in [0.05, 0.1) is 30.1 Å².